The lowest BCUT2D eigenvalue weighted by Gasteiger charge is -2.36. The van der Waals surface area contributed by atoms with Crippen LogP contribution in [0.3, 0.4) is 0 Å². The Kier molecular flexibility index (Phi) is 6.26. The zero-order valence-corrected chi connectivity index (χ0v) is 18.0. The van der Waals surface area contributed by atoms with E-state index in [0.29, 0.717) is 50.4 Å². The molecule has 0 bridgehead atoms. The molecule has 0 unspecified atom stereocenters. The van der Waals surface area contributed by atoms with Crippen molar-refractivity contribution in [1.29, 1.82) is 0 Å². The summed E-state index contributed by atoms with van der Waals surface area (Å²) >= 11 is 0. The van der Waals surface area contributed by atoms with Gasteiger partial charge in [-0.2, -0.15) is 0 Å². The molecule has 1 saturated heterocycles. The molecule has 0 radical (unpaired) electrons. The Morgan fingerprint density at radius 3 is 2.32 bits per heavy atom. The predicted molar refractivity (Wildman–Crippen MR) is 120 cm³/mol. The van der Waals surface area contributed by atoms with Gasteiger partial charge in [-0.05, 0) is 18.6 Å². The Bertz CT molecular complexity index is 1060. The zero-order valence-electron chi connectivity index (χ0n) is 18.0. The third-order valence-corrected chi connectivity index (χ3v) is 5.78. The van der Waals surface area contributed by atoms with Crippen molar-refractivity contribution in [1.82, 2.24) is 14.9 Å². The number of benzene rings is 2. The van der Waals surface area contributed by atoms with Crippen LogP contribution in [0.25, 0.3) is 11.4 Å². The lowest BCUT2D eigenvalue weighted by molar-refractivity contribution is -0.131. The van der Waals surface area contributed by atoms with Gasteiger partial charge in [0.25, 0.3) is 0 Å². The minimum atomic E-state index is -0.224. The van der Waals surface area contributed by atoms with Crippen molar-refractivity contribution in [3.8, 4) is 11.4 Å². The van der Waals surface area contributed by atoms with Crippen LogP contribution in [0.5, 0.6) is 0 Å². The van der Waals surface area contributed by atoms with E-state index < -0.39 is 0 Å². The maximum absolute atomic E-state index is 14.4. The summed E-state index contributed by atoms with van der Waals surface area (Å²) in [6.45, 7) is 6.57. The van der Waals surface area contributed by atoms with Gasteiger partial charge in [-0.1, -0.05) is 55.5 Å². The number of carbonyl (C=O) groups excluding carboxylic acids is 1. The van der Waals surface area contributed by atoms with E-state index in [4.69, 9.17) is 9.97 Å². The molecular weight excluding hydrogens is 391 g/mol. The smallest absolute Gasteiger partial charge is 0.222 e. The molecule has 6 heteroatoms. The van der Waals surface area contributed by atoms with Crippen molar-refractivity contribution in [2.45, 2.75) is 26.7 Å². The Hall–Kier alpha value is -3.28. The van der Waals surface area contributed by atoms with Crippen LogP contribution in [0.1, 0.15) is 30.2 Å². The highest BCUT2D eigenvalue weighted by molar-refractivity contribution is 5.76. The second-order valence-corrected chi connectivity index (χ2v) is 7.79. The molecular formula is C25H27FN4O. The highest BCUT2D eigenvalue weighted by atomic mass is 19.1. The third kappa shape index (κ3) is 4.58. The van der Waals surface area contributed by atoms with Gasteiger partial charge in [-0.15, -0.1) is 0 Å². The van der Waals surface area contributed by atoms with Crippen molar-refractivity contribution in [3.05, 3.63) is 77.2 Å². The number of hydrogen-bond acceptors (Lipinski definition) is 4. The maximum Gasteiger partial charge on any atom is 0.222 e. The molecule has 5 nitrogen and oxygen atoms in total. The topological polar surface area (TPSA) is 49.3 Å². The molecule has 2 aromatic carbocycles. The molecule has 1 amide bonds. The second kappa shape index (κ2) is 9.25. The summed E-state index contributed by atoms with van der Waals surface area (Å²) < 4.78 is 14.4. The van der Waals surface area contributed by atoms with Crippen molar-refractivity contribution in [2.75, 3.05) is 31.1 Å². The van der Waals surface area contributed by atoms with E-state index in [2.05, 4.69) is 4.90 Å². The quantitative estimate of drug-likeness (QED) is 0.622. The van der Waals surface area contributed by atoms with Gasteiger partial charge < -0.3 is 9.80 Å². The first-order valence-electron chi connectivity index (χ1n) is 10.8. The third-order valence-electron chi connectivity index (χ3n) is 5.78. The summed E-state index contributed by atoms with van der Waals surface area (Å²) in [4.78, 5) is 25.9. The molecule has 0 N–H and O–H groups in total. The Labute approximate surface area is 182 Å². The molecule has 1 aliphatic rings. The van der Waals surface area contributed by atoms with Crippen LogP contribution in [0.4, 0.5) is 10.2 Å². The first kappa shape index (κ1) is 21.0. The van der Waals surface area contributed by atoms with Crippen LogP contribution in [0.2, 0.25) is 0 Å². The van der Waals surface area contributed by atoms with Gasteiger partial charge in [0.2, 0.25) is 5.91 Å². The Morgan fingerprint density at radius 1 is 0.968 bits per heavy atom. The van der Waals surface area contributed by atoms with Gasteiger partial charge in [0.05, 0.1) is 0 Å². The number of piperazine rings is 1. The number of amides is 1. The monoisotopic (exact) mass is 418 g/mol. The number of hydrogen-bond donors (Lipinski definition) is 0. The van der Waals surface area contributed by atoms with Crippen LogP contribution in [-0.2, 0) is 11.2 Å². The van der Waals surface area contributed by atoms with E-state index in [9.17, 15) is 9.18 Å². The standard InChI is InChI=1S/C25H27FN4O/c1-3-23(31)29-13-15-30(16-14-29)25-21(17-20-11-7-8-12-22(20)26)18(2)27-24(28-25)19-9-5-4-6-10-19/h4-12H,3,13-17H2,1-2H3. The number of anilines is 1. The predicted octanol–water partition coefficient (Wildman–Crippen LogP) is 4.24. The van der Waals surface area contributed by atoms with E-state index >= 15 is 0 Å². The second-order valence-electron chi connectivity index (χ2n) is 7.79. The number of aromatic nitrogens is 2. The van der Waals surface area contributed by atoms with E-state index in [-0.39, 0.29) is 11.7 Å². The SMILES string of the molecule is CCC(=O)N1CCN(c2nc(-c3ccccc3)nc(C)c2Cc2ccccc2F)CC1. The molecule has 1 aromatic heterocycles. The first-order valence-corrected chi connectivity index (χ1v) is 10.8. The molecule has 31 heavy (non-hydrogen) atoms. The molecule has 160 valence electrons. The molecule has 0 spiro atoms. The van der Waals surface area contributed by atoms with E-state index in [1.165, 1.54) is 6.07 Å². The molecule has 2 heterocycles. The van der Waals surface area contributed by atoms with Crippen molar-refractivity contribution in [3.63, 3.8) is 0 Å². The Balaban J connectivity index is 1.72. The fourth-order valence-corrected chi connectivity index (χ4v) is 3.99. The number of halogens is 1. The van der Waals surface area contributed by atoms with Crippen LogP contribution >= 0.6 is 0 Å². The van der Waals surface area contributed by atoms with E-state index in [0.717, 1.165) is 22.6 Å². The van der Waals surface area contributed by atoms with Gasteiger partial charge in [-0.25, -0.2) is 14.4 Å². The molecule has 4 rings (SSSR count). The number of rotatable bonds is 5. The van der Waals surface area contributed by atoms with Gasteiger partial charge in [0.1, 0.15) is 11.6 Å². The van der Waals surface area contributed by atoms with E-state index in [1.807, 2.05) is 61.2 Å². The Morgan fingerprint density at radius 2 is 1.65 bits per heavy atom. The molecule has 1 fully saturated rings. The van der Waals surface area contributed by atoms with Gasteiger partial charge in [0, 0.05) is 55.8 Å². The highest BCUT2D eigenvalue weighted by Crippen LogP contribution is 2.29. The average molecular weight is 419 g/mol. The first-order chi connectivity index (χ1) is 15.1. The molecule has 0 atom stereocenters. The van der Waals surface area contributed by atoms with Crippen LogP contribution in [0.15, 0.2) is 54.6 Å². The van der Waals surface area contributed by atoms with Crippen LogP contribution in [0, 0.1) is 12.7 Å². The van der Waals surface area contributed by atoms with Crippen molar-refractivity contribution >= 4 is 11.7 Å². The number of carbonyl (C=O) groups is 1. The van der Waals surface area contributed by atoms with Gasteiger partial charge >= 0.3 is 0 Å². The molecule has 3 aromatic rings. The largest absolute Gasteiger partial charge is 0.353 e. The minimum absolute atomic E-state index is 0.176. The fourth-order valence-electron chi connectivity index (χ4n) is 3.99. The maximum atomic E-state index is 14.4. The van der Waals surface area contributed by atoms with Gasteiger partial charge in [-0.3, -0.25) is 4.79 Å². The zero-order chi connectivity index (χ0) is 21.8. The number of nitrogens with zero attached hydrogens (tertiary/aromatic N) is 4. The molecule has 1 aliphatic heterocycles. The average Bonchev–Trinajstić information content (AvgIpc) is 2.81. The lowest BCUT2D eigenvalue weighted by atomic mass is 10.0. The number of aryl methyl sites for hydroxylation is 1. The van der Waals surface area contributed by atoms with Crippen molar-refractivity contribution < 1.29 is 9.18 Å². The summed E-state index contributed by atoms with van der Waals surface area (Å²) in [6.07, 6.45) is 0.945. The van der Waals surface area contributed by atoms with E-state index in [1.54, 1.807) is 6.07 Å². The fraction of sp³-hybridized carbons (Fsp3) is 0.320. The molecule has 0 aliphatic carbocycles. The summed E-state index contributed by atoms with van der Waals surface area (Å²) in [5.74, 6) is 1.45. The summed E-state index contributed by atoms with van der Waals surface area (Å²) in [7, 11) is 0. The molecule has 0 saturated carbocycles. The minimum Gasteiger partial charge on any atom is -0.353 e. The van der Waals surface area contributed by atoms with Crippen LogP contribution in [-0.4, -0.2) is 47.0 Å². The normalized spacial score (nSPS) is 14.0. The highest BCUT2D eigenvalue weighted by Gasteiger charge is 2.25. The summed E-state index contributed by atoms with van der Waals surface area (Å²) in [5, 5.41) is 0. The van der Waals surface area contributed by atoms with Gasteiger partial charge in [0.15, 0.2) is 5.82 Å². The summed E-state index contributed by atoms with van der Waals surface area (Å²) in [5.41, 5.74) is 3.35. The lowest BCUT2D eigenvalue weighted by Crippen LogP contribution is -2.49. The van der Waals surface area contributed by atoms with Crippen LogP contribution < -0.4 is 4.90 Å². The van der Waals surface area contributed by atoms with Crippen molar-refractivity contribution in [2.24, 2.45) is 0 Å². The summed E-state index contributed by atoms with van der Waals surface area (Å²) in [6, 6.07) is 16.7.